The van der Waals surface area contributed by atoms with Crippen molar-refractivity contribution in [2.75, 3.05) is 37.6 Å². The Hall–Kier alpha value is -0.720. The summed E-state index contributed by atoms with van der Waals surface area (Å²) in [6, 6.07) is 0. The first kappa shape index (κ1) is 14.7. The maximum absolute atomic E-state index is 9.84. The smallest absolute Gasteiger partial charge is 0.205 e. The minimum atomic E-state index is -0.615. The van der Waals surface area contributed by atoms with Crippen molar-refractivity contribution in [3.63, 3.8) is 0 Å². The summed E-state index contributed by atoms with van der Waals surface area (Å²) < 4.78 is 4.40. The fourth-order valence-electron chi connectivity index (χ4n) is 2.23. The lowest BCUT2D eigenvalue weighted by atomic mass is 10.1. The monoisotopic (exact) mass is 284 g/mol. The Bertz CT molecular complexity index is 405. The number of anilines is 1. The van der Waals surface area contributed by atoms with Crippen LogP contribution in [0.25, 0.3) is 0 Å². The Balaban J connectivity index is 1.89. The van der Waals surface area contributed by atoms with Crippen molar-refractivity contribution in [2.24, 2.45) is 0 Å². The van der Waals surface area contributed by atoms with Gasteiger partial charge in [0.2, 0.25) is 5.13 Å². The average Bonchev–Trinajstić information content (AvgIpc) is 2.77. The van der Waals surface area contributed by atoms with Crippen molar-refractivity contribution in [2.45, 2.75) is 39.2 Å². The van der Waals surface area contributed by atoms with Crippen molar-refractivity contribution in [1.82, 2.24) is 14.3 Å². The largest absolute Gasteiger partial charge is 0.389 e. The van der Waals surface area contributed by atoms with Crippen LogP contribution in [-0.4, -0.2) is 57.7 Å². The molecule has 1 N–H and O–H groups in total. The van der Waals surface area contributed by atoms with Gasteiger partial charge >= 0.3 is 0 Å². The van der Waals surface area contributed by atoms with E-state index in [4.69, 9.17) is 0 Å². The molecule has 6 heteroatoms. The van der Waals surface area contributed by atoms with Gasteiger partial charge in [-0.1, -0.05) is 13.8 Å². The highest BCUT2D eigenvalue weighted by Crippen LogP contribution is 2.22. The molecule has 1 saturated heterocycles. The molecule has 0 saturated carbocycles. The van der Waals surface area contributed by atoms with Gasteiger partial charge in [-0.05, 0) is 13.8 Å². The van der Waals surface area contributed by atoms with E-state index in [1.54, 1.807) is 0 Å². The maximum Gasteiger partial charge on any atom is 0.205 e. The Kier molecular flexibility index (Phi) is 4.43. The van der Waals surface area contributed by atoms with Crippen molar-refractivity contribution >= 4 is 16.7 Å². The minimum Gasteiger partial charge on any atom is -0.389 e. The van der Waals surface area contributed by atoms with Crippen LogP contribution < -0.4 is 4.90 Å². The van der Waals surface area contributed by atoms with Crippen LogP contribution in [0.5, 0.6) is 0 Å². The van der Waals surface area contributed by atoms with Crippen molar-refractivity contribution in [3.8, 4) is 0 Å². The van der Waals surface area contributed by atoms with Gasteiger partial charge in [0, 0.05) is 50.2 Å². The van der Waals surface area contributed by atoms with Gasteiger partial charge in [0.15, 0.2) is 0 Å². The summed E-state index contributed by atoms with van der Waals surface area (Å²) in [4.78, 5) is 9.20. The highest BCUT2D eigenvalue weighted by Gasteiger charge is 2.24. The van der Waals surface area contributed by atoms with E-state index in [1.807, 2.05) is 13.8 Å². The summed E-state index contributed by atoms with van der Waals surface area (Å²) in [5.41, 5.74) is -0.615. The van der Waals surface area contributed by atoms with E-state index < -0.39 is 5.60 Å². The zero-order chi connectivity index (χ0) is 14.0. The highest BCUT2D eigenvalue weighted by molar-refractivity contribution is 7.09. The van der Waals surface area contributed by atoms with Gasteiger partial charge < -0.3 is 10.0 Å². The fraction of sp³-hybridized carbons (Fsp3) is 0.846. The molecule has 1 fully saturated rings. The number of hydrogen-bond acceptors (Lipinski definition) is 6. The molecule has 0 atom stereocenters. The van der Waals surface area contributed by atoms with E-state index in [-0.39, 0.29) is 0 Å². The molecule has 0 radical (unpaired) electrons. The van der Waals surface area contributed by atoms with E-state index >= 15 is 0 Å². The predicted octanol–water partition coefficient (Wildman–Crippen LogP) is 1.55. The average molecular weight is 284 g/mol. The van der Waals surface area contributed by atoms with E-state index in [9.17, 15) is 5.11 Å². The first-order chi connectivity index (χ1) is 8.85. The van der Waals surface area contributed by atoms with Crippen LogP contribution in [0.4, 0.5) is 5.13 Å². The number of piperazine rings is 1. The Morgan fingerprint density at radius 2 is 1.89 bits per heavy atom. The van der Waals surface area contributed by atoms with Gasteiger partial charge in [0.05, 0.1) is 5.60 Å². The highest BCUT2D eigenvalue weighted by atomic mass is 32.1. The van der Waals surface area contributed by atoms with Crippen molar-refractivity contribution in [3.05, 3.63) is 5.82 Å². The number of rotatable bonds is 4. The predicted molar refractivity (Wildman–Crippen MR) is 78.9 cm³/mol. The number of β-amino-alcohol motifs (C(OH)–C–C–N with tert-alkyl or cyclic N) is 1. The van der Waals surface area contributed by atoms with Gasteiger partial charge in [-0.25, -0.2) is 4.98 Å². The third-order valence-electron chi connectivity index (χ3n) is 3.20. The van der Waals surface area contributed by atoms with Crippen LogP contribution in [0.15, 0.2) is 0 Å². The molecule has 0 unspecified atom stereocenters. The molecule has 1 aromatic heterocycles. The third kappa shape index (κ3) is 4.12. The standard InChI is InChI=1S/C13H24N4OS/c1-10(2)11-14-12(19-15-11)17-7-5-16(6-8-17)9-13(3,4)18/h10,18H,5-9H2,1-4H3. The Labute approximate surface area is 119 Å². The molecule has 1 aromatic rings. The molecule has 0 aliphatic carbocycles. The van der Waals surface area contributed by atoms with E-state index in [2.05, 4.69) is 33.0 Å². The van der Waals surface area contributed by atoms with E-state index in [0.717, 1.165) is 43.7 Å². The van der Waals surface area contributed by atoms with Crippen LogP contribution >= 0.6 is 11.5 Å². The Morgan fingerprint density at radius 3 is 2.37 bits per heavy atom. The van der Waals surface area contributed by atoms with Gasteiger partial charge in [0.25, 0.3) is 0 Å². The first-order valence-corrected chi connectivity index (χ1v) is 7.66. The topological polar surface area (TPSA) is 52.5 Å². The molecule has 0 aromatic carbocycles. The summed E-state index contributed by atoms with van der Waals surface area (Å²) in [7, 11) is 0. The van der Waals surface area contributed by atoms with E-state index in [1.165, 1.54) is 11.5 Å². The van der Waals surface area contributed by atoms with Gasteiger partial charge in [0.1, 0.15) is 5.82 Å². The number of aliphatic hydroxyl groups is 1. The quantitative estimate of drug-likeness (QED) is 0.909. The lowest BCUT2D eigenvalue weighted by Crippen LogP contribution is -2.50. The molecule has 2 rings (SSSR count). The van der Waals surface area contributed by atoms with Crippen LogP contribution in [0.1, 0.15) is 39.4 Å². The maximum atomic E-state index is 9.84. The summed E-state index contributed by atoms with van der Waals surface area (Å²) in [6.07, 6.45) is 0. The summed E-state index contributed by atoms with van der Waals surface area (Å²) in [5, 5.41) is 10.9. The van der Waals surface area contributed by atoms with Gasteiger partial charge in [-0.3, -0.25) is 4.90 Å². The van der Waals surface area contributed by atoms with Crippen LogP contribution in [0, 0.1) is 0 Å². The van der Waals surface area contributed by atoms with Crippen molar-refractivity contribution < 1.29 is 5.11 Å². The molecule has 1 aliphatic heterocycles. The fourth-order valence-corrected chi connectivity index (χ4v) is 3.09. The Morgan fingerprint density at radius 1 is 1.26 bits per heavy atom. The van der Waals surface area contributed by atoms with Gasteiger partial charge in [-0.2, -0.15) is 4.37 Å². The van der Waals surface area contributed by atoms with E-state index in [0.29, 0.717) is 5.92 Å². The van der Waals surface area contributed by atoms with Crippen LogP contribution in [0.2, 0.25) is 0 Å². The molecule has 0 amide bonds. The third-order valence-corrected chi connectivity index (χ3v) is 3.99. The molecule has 5 nitrogen and oxygen atoms in total. The normalized spacial score (nSPS) is 18.3. The molecular formula is C13H24N4OS. The summed E-state index contributed by atoms with van der Waals surface area (Å²) in [6.45, 7) is 12.6. The molecular weight excluding hydrogens is 260 g/mol. The van der Waals surface area contributed by atoms with Crippen molar-refractivity contribution in [1.29, 1.82) is 0 Å². The number of aromatic nitrogens is 2. The SMILES string of the molecule is CC(C)c1nsc(N2CCN(CC(C)(C)O)CC2)n1. The first-order valence-electron chi connectivity index (χ1n) is 6.88. The number of nitrogens with zero attached hydrogens (tertiary/aromatic N) is 4. The molecule has 0 bridgehead atoms. The molecule has 0 spiro atoms. The summed E-state index contributed by atoms with van der Waals surface area (Å²) >= 11 is 1.50. The second-order valence-corrected chi connectivity index (χ2v) is 6.90. The van der Waals surface area contributed by atoms with Crippen LogP contribution in [0.3, 0.4) is 0 Å². The summed E-state index contributed by atoms with van der Waals surface area (Å²) in [5.74, 6) is 1.33. The molecule has 108 valence electrons. The second kappa shape index (κ2) is 5.73. The second-order valence-electron chi connectivity index (χ2n) is 6.17. The zero-order valence-corrected chi connectivity index (χ0v) is 13.1. The lowest BCUT2D eigenvalue weighted by Gasteiger charge is -2.37. The molecule has 19 heavy (non-hydrogen) atoms. The lowest BCUT2D eigenvalue weighted by molar-refractivity contribution is 0.0345. The molecule has 2 heterocycles. The number of hydrogen-bond donors (Lipinski definition) is 1. The minimum absolute atomic E-state index is 0.390. The van der Waals surface area contributed by atoms with Gasteiger partial charge in [-0.15, -0.1) is 0 Å². The zero-order valence-electron chi connectivity index (χ0n) is 12.3. The van der Waals surface area contributed by atoms with Crippen LogP contribution in [-0.2, 0) is 0 Å². The molecule has 1 aliphatic rings.